The van der Waals surface area contributed by atoms with Gasteiger partial charge in [0.2, 0.25) is 0 Å². The fourth-order valence-electron chi connectivity index (χ4n) is 2.25. The molecule has 0 saturated heterocycles. The van der Waals surface area contributed by atoms with Crippen LogP contribution in [0.1, 0.15) is 36.4 Å². The number of halogens is 1. The van der Waals surface area contributed by atoms with Crippen LogP contribution in [0, 0.1) is 5.82 Å². The lowest BCUT2D eigenvalue weighted by molar-refractivity contribution is 0.0761. The van der Waals surface area contributed by atoms with Crippen LogP contribution in [0.3, 0.4) is 0 Å². The summed E-state index contributed by atoms with van der Waals surface area (Å²) in [6.07, 6.45) is 1.82. The highest BCUT2D eigenvalue weighted by Crippen LogP contribution is 2.34. The molecule has 2 rings (SSSR count). The zero-order chi connectivity index (χ0) is 14.7. The van der Waals surface area contributed by atoms with Crippen molar-refractivity contribution >= 4 is 33.0 Å². The number of carbonyl (C=O) groups is 1. The number of nitrogens with two attached hydrogens (primary N) is 1. The number of amides is 1. The predicted octanol–water partition coefficient (Wildman–Crippen LogP) is 3.88. The first-order valence-corrected chi connectivity index (χ1v) is 7.66. The van der Waals surface area contributed by atoms with Gasteiger partial charge in [0, 0.05) is 23.2 Å². The highest BCUT2D eigenvalue weighted by Gasteiger charge is 2.21. The van der Waals surface area contributed by atoms with Gasteiger partial charge in [-0.2, -0.15) is 0 Å². The first kappa shape index (κ1) is 14.8. The Morgan fingerprint density at radius 1 is 1.30 bits per heavy atom. The minimum Gasteiger partial charge on any atom is -0.397 e. The topological polar surface area (TPSA) is 46.3 Å². The quantitative estimate of drug-likeness (QED) is 0.909. The van der Waals surface area contributed by atoms with Gasteiger partial charge in [-0.05, 0) is 31.0 Å². The number of anilines is 1. The Morgan fingerprint density at radius 3 is 2.55 bits per heavy atom. The molecule has 0 radical (unpaired) electrons. The summed E-state index contributed by atoms with van der Waals surface area (Å²) in [4.78, 5) is 14.9. The molecular weight excluding hydrogens is 275 g/mol. The number of hydrogen-bond acceptors (Lipinski definition) is 3. The van der Waals surface area contributed by atoms with E-state index in [0.29, 0.717) is 29.0 Å². The summed E-state index contributed by atoms with van der Waals surface area (Å²) in [7, 11) is 0. The van der Waals surface area contributed by atoms with E-state index in [1.165, 1.54) is 23.5 Å². The van der Waals surface area contributed by atoms with Gasteiger partial charge in [-0.3, -0.25) is 4.79 Å². The van der Waals surface area contributed by atoms with Crippen molar-refractivity contribution in [3.8, 4) is 0 Å². The van der Waals surface area contributed by atoms with E-state index < -0.39 is 0 Å². The Hall–Kier alpha value is -1.62. The van der Waals surface area contributed by atoms with Crippen LogP contribution in [0.4, 0.5) is 10.1 Å². The molecule has 20 heavy (non-hydrogen) atoms. The molecule has 3 nitrogen and oxygen atoms in total. The number of fused-ring (bicyclic) bond motifs is 1. The van der Waals surface area contributed by atoms with E-state index in [1.807, 2.05) is 18.7 Å². The van der Waals surface area contributed by atoms with Crippen molar-refractivity contribution in [1.29, 1.82) is 0 Å². The van der Waals surface area contributed by atoms with E-state index >= 15 is 0 Å². The summed E-state index contributed by atoms with van der Waals surface area (Å²) in [6, 6.07) is 4.46. The maximum Gasteiger partial charge on any atom is 0.266 e. The van der Waals surface area contributed by atoms with E-state index in [-0.39, 0.29) is 11.7 Å². The third-order valence-corrected chi connectivity index (χ3v) is 4.33. The molecule has 108 valence electrons. The van der Waals surface area contributed by atoms with Crippen LogP contribution in [-0.2, 0) is 0 Å². The highest BCUT2D eigenvalue weighted by molar-refractivity contribution is 7.21. The molecule has 1 aromatic heterocycles. The van der Waals surface area contributed by atoms with E-state index in [2.05, 4.69) is 0 Å². The average molecular weight is 294 g/mol. The lowest BCUT2D eigenvalue weighted by Crippen LogP contribution is -2.32. The molecule has 2 N–H and O–H groups in total. The van der Waals surface area contributed by atoms with Crippen molar-refractivity contribution in [1.82, 2.24) is 4.90 Å². The second kappa shape index (κ2) is 6.22. The number of carbonyl (C=O) groups excluding carboxylic acids is 1. The largest absolute Gasteiger partial charge is 0.397 e. The predicted molar refractivity (Wildman–Crippen MR) is 82.7 cm³/mol. The molecule has 0 saturated carbocycles. The number of benzene rings is 1. The summed E-state index contributed by atoms with van der Waals surface area (Å²) < 4.78 is 14.1. The van der Waals surface area contributed by atoms with Crippen LogP contribution in [-0.4, -0.2) is 23.9 Å². The Morgan fingerprint density at radius 2 is 1.95 bits per heavy atom. The summed E-state index contributed by atoms with van der Waals surface area (Å²) >= 11 is 1.34. The fraction of sp³-hybridized carbons (Fsp3) is 0.400. The smallest absolute Gasteiger partial charge is 0.266 e. The third kappa shape index (κ3) is 2.77. The van der Waals surface area contributed by atoms with Gasteiger partial charge in [0.15, 0.2) is 0 Å². The summed E-state index contributed by atoms with van der Waals surface area (Å²) in [5, 5.41) is 0.631. The molecular formula is C15H19FN2OS. The van der Waals surface area contributed by atoms with Crippen LogP contribution in [0.25, 0.3) is 10.1 Å². The molecule has 0 aliphatic carbocycles. The van der Waals surface area contributed by atoms with Gasteiger partial charge in [-0.25, -0.2) is 4.39 Å². The summed E-state index contributed by atoms with van der Waals surface area (Å²) in [6.45, 7) is 5.52. The lowest BCUT2D eigenvalue weighted by atomic mass is 10.2. The third-order valence-electron chi connectivity index (χ3n) is 3.16. The molecule has 1 aromatic carbocycles. The van der Waals surface area contributed by atoms with Crippen LogP contribution >= 0.6 is 11.3 Å². The molecule has 0 fully saturated rings. The molecule has 5 heteroatoms. The Kier molecular flexibility index (Phi) is 4.60. The van der Waals surface area contributed by atoms with Crippen LogP contribution in [0.5, 0.6) is 0 Å². The summed E-state index contributed by atoms with van der Waals surface area (Å²) in [5.41, 5.74) is 6.43. The SMILES string of the molecule is CCCN(CCC)C(=O)c1sc2ccc(F)cc2c1N. The zero-order valence-electron chi connectivity index (χ0n) is 11.8. The van der Waals surface area contributed by atoms with Crippen molar-refractivity contribution in [2.24, 2.45) is 0 Å². The van der Waals surface area contributed by atoms with Crippen molar-refractivity contribution in [3.05, 3.63) is 28.9 Å². The standard InChI is InChI=1S/C15H19FN2OS/c1-3-7-18(8-4-2)15(19)14-13(17)11-9-10(16)5-6-12(11)20-14/h5-6,9H,3-4,7-8,17H2,1-2H3. The second-order valence-corrected chi connectivity index (χ2v) is 5.83. The van der Waals surface area contributed by atoms with E-state index in [9.17, 15) is 9.18 Å². The minimum atomic E-state index is -0.333. The minimum absolute atomic E-state index is 0.0483. The van der Waals surface area contributed by atoms with Crippen LogP contribution in [0.2, 0.25) is 0 Å². The summed E-state index contributed by atoms with van der Waals surface area (Å²) in [5.74, 6) is -0.382. The van der Waals surface area contributed by atoms with E-state index in [4.69, 9.17) is 5.73 Å². The lowest BCUT2D eigenvalue weighted by Gasteiger charge is -2.20. The Balaban J connectivity index is 2.40. The van der Waals surface area contributed by atoms with Crippen molar-refractivity contribution in [3.63, 3.8) is 0 Å². The Bertz CT molecular complexity index is 618. The van der Waals surface area contributed by atoms with Gasteiger partial charge in [0.25, 0.3) is 5.91 Å². The first-order valence-electron chi connectivity index (χ1n) is 6.85. The number of nitrogens with zero attached hydrogens (tertiary/aromatic N) is 1. The molecule has 1 amide bonds. The second-order valence-electron chi connectivity index (χ2n) is 4.78. The Labute approximate surface area is 122 Å². The normalized spacial score (nSPS) is 10.9. The molecule has 0 unspecified atom stereocenters. The first-order chi connectivity index (χ1) is 9.58. The van der Waals surface area contributed by atoms with Crippen molar-refractivity contribution in [2.45, 2.75) is 26.7 Å². The molecule has 0 aliphatic rings. The van der Waals surface area contributed by atoms with Crippen LogP contribution in [0.15, 0.2) is 18.2 Å². The van der Waals surface area contributed by atoms with Crippen LogP contribution < -0.4 is 5.73 Å². The fourth-order valence-corrected chi connectivity index (χ4v) is 3.32. The average Bonchev–Trinajstić information content (AvgIpc) is 2.75. The van der Waals surface area contributed by atoms with Crippen molar-refractivity contribution in [2.75, 3.05) is 18.8 Å². The molecule has 0 spiro atoms. The number of nitrogen functional groups attached to an aromatic ring is 1. The molecule has 1 heterocycles. The molecule has 2 aromatic rings. The molecule has 0 atom stereocenters. The monoisotopic (exact) mass is 294 g/mol. The van der Waals surface area contributed by atoms with E-state index in [0.717, 1.165) is 17.5 Å². The van der Waals surface area contributed by atoms with Gasteiger partial charge in [0.1, 0.15) is 10.7 Å². The van der Waals surface area contributed by atoms with Gasteiger partial charge in [-0.15, -0.1) is 11.3 Å². The van der Waals surface area contributed by atoms with Gasteiger partial charge in [-0.1, -0.05) is 13.8 Å². The maximum atomic E-state index is 13.3. The number of hydrogen-bond donors (Lipinski definition) is 1. The van der Waals surface area contributed by atoms with Crippen molar-refractivity contribution < 1.29 is 9.18 Å². The number of rotatable bonds is 5. The maximum absolute atomic E-state index is 13.3. The highest BCUT2D eigenvalue weighted by atomic mass is 32.1. The van der Waals surface area contributed by atoms with Gasteiger partial charge in [0.05, 0.1) is 5.69 Å². The number of thiophene rings is 1. The van der Waals surface area contributed by atoms with Gasteiger partial charge < -0.3 is 10.6 Å². The zero-order valence-corrected chi connectivity index (χ0v) is 12.6. The van der Waals surface area contributed by atoms with E-state index in [1.54, 1.807) is 6.07 Å². The van der Waals surface area contributed by atoms with Gasteiger partial charge >= 0.3 is 0 Å². The molecule has 0 aliphatic heterocycles. The molecule has 0 bridgehead atoms.